The molecule has 2 unspecified atom stereocenters. The van der Waals surface area contributed by atoms with Gasteiger partial charge in [0.2, 0.25) is 0 Å². The van der Waals surface area contributed by atoms with Gasteiger partial charge in [-0.25, -0.2) is 0 Å². The summed E-state index contributed by atoms with van der Waals surface area (Å²) in [5.41, 5.74) is 1.49. The maximum Gasteiger partial charge on any atom is 0.165 e. The van der Waals surface area contributed by atoms with Gasteiger partial charge in [0, 0.05) is 17.4 Å². The number of Topliss-reactive ketones (excluding diaryl/α,β-unsaturated/α-hetero) is 1. The van der Waals surface area contributed by atoms with E-state index >= 15 is 0 Å². The van der Waals surface area contributed by atoms with Crippen LogP contribution in [0, 0.1) is 11.8 Å². The predicted octanol–water partition coefficient (Wildman–Crippen LogP) is 2.62. The SMILES string of the molecule is C=C(C)C1CCC(C)C(=O)/C1=C/O. The third-order valence-corrected chi connectivity index (χ3v) is 2.73. The number of carbonyl (C=O) groups excluding carboxylic acids is 1. The van der Waals surface area contributed by atoms with Crippen LogP contribution in [0.2, 0.25) is 0 Å². The third-order valence-electron chi connectivity index (χ3n) is 2.73. The van der Waals surface area contributed by atoms with Crippen LogP contribution in [0.15, 0.2) is 24.0 Å². The lowest BCUT2D eigenvalue weighted by atomic mass is 9.76. The van der Waals surface area contributed by atoms with Gasteiger partial charge in [-0.1, -0.05) is 19.1 Å². The lowest BCUT2D eigenvalue weighted by Gasteiger charge is -2.27. The minimum Gasteiger partial charge on any atom is -0.515 e. The van der Waals surface area contributed by atoms with Gasteiger partial charge in [-0.2, -0.15) is 0 Å². The number of rotatable bonds is 1. The van der Waals surface area contributed by atoms with Crippen LogP contribution in [0.5, 0.6) is 0 Å². The van der Waals surface area contributed by atoms with Gasteiger partial charge in [0.15, 0.2) is 5.78 Å². The van der Waals surface area contributed by atoms with E-state index in [1.54, 1.807) is 0 Å². The Morgan fingerprint density at radius 2 is 2.23 bits per heavy atom. The maximum atomic E-state index is 11.6. The highest BCUT2D eigenvalue weighted by Gasteiger charge is 2.31. The van der Waals surface area contributed by atoms with Gasteiger partial charge in [-0.05, 0) is 19.8 Å². The van der Waals surface area contributed by atoms with Crippen molar-refractivity contribution in [3.8, 4) is 0 Å². The fourth-order valence-corrected chi connectivity index (χ4v) is 1.82. The van der Waals surface area contributed by atoms with Crippen LogP contribution in [-0.2, 0) is 4.79 Å². The van der Waals surface area contributed by atoms with E-state index in [0.29, 0.717) is 5.57 Å². The Bertz CT molecular complexity index is 263. The van der Waals surface area contributed by atoms with Gasteiger partial charge in [-0.3, -0.25) is 4.79 Å². The van der Waals surface area contributed by atoms with Crippen molar-refractivity contribution in [1.29, 1.82) is 0 Å². The predicted molar refractivity (Wildman–Crippen MR) is 52.4 cm³/mol. The molecule has 0 aromatic heterocycles. The van der Waals surface area contributed by atoms with Gasteiger partial charge >= 0.3 is 0 Å². The Hall–Kier alpha value is -1.05. The molecule has 0 heterocycles. The fourth-order valence-electron chi connectivity index (χ4n) is 1.82. The van der Waals surface area contributed by atoms with E-state index in [9.17, 15) is 4.79 Å². The topological polar surface area (TPSA) is 37.3 Å². The number of allylic oxidation sites excluding steroid dienone is 2. The second-order valence-electron chi connectivity index (χ2n) is 3.83. The molecule has 1 rings (SSSR count). The molecule has 1 saturated carbocycles. The zero-order chi connectivity index (χ0) is 10.0. The van der Waals surface area contributed by atoms with E-state index in [4.69, 9.17) is 5.11 Å². The molecule has 72 valence electrons. The smallest absolute Gasteiger partial charge is 0.165 e. The van der Waals surface area contributed by atoms with Crippen molar-refractivity contribution in [3.05, 3.63) is 24.0 Å². The van der Waals surface area contributed by atoms with E-state index in [2.05, 4.69) is 6.58 Å². The molecule has 13 heavy (non-hydrogen) atoms. The van der Waals surface area contributed by atoms with Crippen molar-refractivity contribution < 1.29 is 9.90 Å². The summed E-state index contributed by atoms with van der Waals surface area (Å²) in [5.74, 6) is 0.185. The van der Waals surface area contributed by atoms with Crippen LogP contribution in [0.4, 0.5) is 0 Å². The third kappa shape index (κ3) is 1.82. The minimum absolute atomic E-state index is 0.0500. The summed E-state index contributed by atoms with van der Waals surface area (Å²) < 4.78 is 0. The van der Waals surface area contributed by atoms with E-state index in [-0.39, 0.29) is 17.6 Å². The molecular weight excluding hydrogens is 164 g/mol. The number of aliphatic hydroxyl groups is 1. The molecule has 0 radical (unpaired) electrons. The van der Waals surface area contributed by atoms with Crippen LogP contribution in [0.25, 0.3) is 0 Å². The molecule has 0 amide bonds. The molecule has 2 atom stereocenters. The van der Waals surface area contributed by atoms with Crippen molar-refractivity contribution in [2.75, 3.05) is 0 Å². The van der Waals surface area contributed by atoms with E-state index < -0.39 is 0 Å². The highest BCUT2D eigenvalue weighted by Crippen LogP contribution is 2.33. The maximum absolute atomic E-state index is 11.6. The van der Waals surface area contributed by atoms with Crippen LogP contribution < -0.4 is 0 Å². The number of hydrogen-bond donors (Lipinski definition) is 1. The van der Waals surface area contributed by atoms with Crippen molar-refractivity contribution >= 4 is 5.78 Å². The molecule has 2 heteroatoms. The first-order chi connectivity index (χ1) is 6.07. The number of aliphatic hydroxyl groups excluding tert-OH is 1. The standard InChI is InChI=1S/C11H16O2/c1-7(2)9-5-4-8(3)11(13)10(9)6-12/h6,8-9,12H,1,4-5H2,2-3H3/b10-6+. The molecule has 2 nitrogen and oxygen atoms in total. The Labute approximate surface area is 79.0 Å². The molecule has 0 aliphatic heterocycles. The normalized spacial score (nSPS) is 32.2. The highest BCUT2D eigenvalue weighted by molar-refractivity contribution is 5.98. The minimum atomic E-state index is 0.0500. The quantitative estimate of drug-likeness (QED) is 0.382. The molecule has 1 N–H and O–H groups in total. The Morgan fingerprint density at radius 3 is 2.69 bits per heavy atom. The summed E-state index contributed by atoms with van der Waals surface area (Å²) >= 11 is 0. The van der Waals surface area contributed by atoms with Gasteiger partial charge < -0.3 is 5.11 Å². The van der Waals surface area contributed by atoms with Crippen molar-refractivity contribution in [1.82, 2.24) is 0 Å². The number of carbonyl (C=O) groups is 1. The first-order valence-electron chi connectivity index (χ1n) is 4.61. The van der Waals surface area contributed by atoms with Crippen molar-refractivity contribution in [2.45, 2.75) is 26.7 Å². The lowest BCUT2D eigenvalue weighted by Crippen LogP contribution is -2.26. The van der Waals surface area contributed by atoms with Crippen LogP contribution in [-0.4, -0.2) is 10.9 Å². The molecule has 0 spiro atoms. The van der Waals surface area contributed by atoms with Crippen molar-refractivity contribution in [3.63, 3.8) is 0 Å². The molecule has 0 bridgehead atoms. The molecule has 1 aliphatic rings. The van der Waals surface area contributed by atoms with Crippen LogP contribution >= 0.6 is 0 Å². The highest BCUT2D eigenvalue weighted by atomic mass is 16.2. The molecule has 1 aliphatic carbocycles. The lowest BCUT2D eigenvalue weighted by molar-refractivity contribution is -0.120. The summed E-state index contributed by atoms with van der Waals surface area (Å²) in [5, 5.41) is 8.97. The number of ketones is 1. The molecule has 0 aromatic carbocycles. The van der Waals surface area contributed by atoms with Gasteiger partial charge in [0.1, 0.15) is 0 Å². The second-order valence-corrected chi connectivity index (χ2v) is 3.83. The van der Waals surface area contributed by atoms with E-state index in [1.807, 2.05) is 13.8 Å². The zero-order valence-electron chi connectivity index (χ0n) is 8.21. The number of hydrogen-bond acceptors (Lipinski definition) is 2. The first kappa shape index (κ1) is 10.0. The average Bonchev–Trinajstić information content (AvgIpc) is 2.09. The largest absolute Gasteiger partial charge is 0.515 e. The Kier molecular flexibility index (Phi) is 2.91. The van der Waals surface area contributed by atoms with Crippen LogP contribution in [0.1, 0.15) is 26.7 Å². The summed E-state index contributed by atoms with van der Waals surface area (Å²) in [6, 6.07) is 0. The van der Waals surface area contributed by atoms with Gasteiger partial charge in [0.05, 0.1) is 6.26 Å². The summed E-state index contributed by atoms with van der Waals surface area (Å²) in [6.07, 6.45) is 2.78. The van der Waals surface area contributed by atoms with E-state index in [0.717, 1.165) is 24.7 Å². The summed E-state index contributed by atoms with van der Waals surface area (Å²) in [4.78, 5) is 11.6. The molecule has 1 fully saturated rings. The Morgan fingerprint density at radius 1 is 1.62 bits per heavy atom. The van der Waals surface area contributed by atoms with Gasteiger partial charge in [0.25, 0.3) is 0 Å². The summed E-state index contributed by atoms with van der Waals surface area (Å²) in [6.45, 7) is 7.64. The van der Waals surface area contributed by atoms with Crippen LogP contribution in [0.3, 0.4) is 0 Å². The molecular formula is C11H16O2. The average molecular weight is 180 g/mol. The Balaban J connectivity index is 2.91. The monoisotopic (exact) mass is 180 g/mol. The molecule has 0 saturated heterocycles. The first-order valence-corrected chi connectivity index (χ1v) is 4.61. The zero-order valence-corrected chi connectivity index (χ0v) is 8.21. The molecule has 0 aromatic rings. The van der Waals surface area contributed by atoms with E-state index in [1.165, 1.54) is 0 Å². The second kappa shape index (κ2) is 3.77. The van der Waals surface area contributed by atoms with Gasteiger partial charge in [-0.15, -0.1) is 0 Å². The van der Waals surface area contributed by atoms with Crippen molar-refractivity contribution in [2.24, 2.45) is 11.8 Å². The summed E-state index contributed by atoms with van der Waals surface area (Å²) in [7, 11) is 0. The fraction of sp³-hybridized carbons (Fsp3) is 0.545.